The van der Waals surface area contributed by atoms with Gasteiger partial charge in [-0.2, -0.15) is 0 Å². The molecule has 8 aromatic carbocycles. The number of aliphatic imine (C=N–C) groups is 4. The van der Waals surface area contributed by atoms with Crippen LogP contribution in [0.4, 0.5) is 45.5 Å². The van der Waals surface area contributed by atoms with Crippen molar-refractivity contribution in [2.75, 3.05) is 207 Å². The Bertz CT molecular complexity index is 5710. The predicted octanol–water partition coefficient (Wildman–Crippen LogP) is 9.48. The quantitative estimate of drug-likeness (QED) is 0.0211. The van der Waals surface area contributed by atoms with Crippen molar-refractivity contribution in [1.29, 1.82) is 0 Å². The number of fused-ring (bicyclic) bond motifs is 4. The first-order valence-corrected chi connectivity index (χ1v) is 44.3. The number of para-hydroxylation sites is 4. The third-order valence-corrected chi connectivity index (χ3v) is 24.4. The Kier molecular flexibility index (Phi) is 32.5. The first kappa shape index (κ1) is 100. The lowest BCUT2D eigenvalue weighted by molar-refractivity contribution is -0.126. The fraction of sp³-hybridized carbons (Fsp3) is 0.333. The second-order valence-corrected chi connectivity index (χ2v) is 33.0. The summed E-state index contributed by atoms with van der Waals surface area (Å²) in [5, 5.41) is 24.9. The molecule has 36 heteroatoms. The van der Waals surface area contributed by atoms with E-state index >= 15 is 0 Å². The summed E-state index contributed by atoms with van der Waals surface area (Å²) >= 11 is 0. The van der Waals surface area contributed by atoms with Crippen LogP contribution in [0.5, 0.6) is 46.0 Å². The number of amidine groups is 4. The van der Waals surface area contributed by atoms with Gasteiger partial charge < -0.3 is 119 Å². The van der Waals surface area contributed by atoms with Crippen LogP contribution < -0.4 is 100 Å². The molecule has 0 aliphatic carbocycles. The summed E-state index contributed by atoms with van der Waals surface area (Å²) in [6.45, 7) is 3.50. The molecule has 4 atom stereocenters. The summed E-state index contributed by atoms with van der Waals surface area (Å²) in [6, 6.07) is 52.0. The van der Waals surface area contributed by atoms with Crippen molar-refractivity contribution in [1.82, 2.24) is 21.3 Å². The molecule has 138 heavy (non-hydrogen) atoms. The van der Waals surface area contributed by atoms with Gasteiger partial charge in [0.15, 0.2) is 23.1 Å². The average Bonchev–Trinajstić information content (AvgIpc) is 1.57. The van der Waals surface area contributed by atoms with Gasteiger partial charge in [-0.1, -0.05) is 72.8 Å². The zero-order chi connectivity index (χ0) is 98.8. The van der Waals surface area contributed by atoms with Crippen molar-refractivity contribution < 1.29 is 95.2 Å². The molecule has 724 valence electrons. The van der Waals surface area contributed by atoms with Crippen LogP contribution in [-0.4, -0.2) is 259 Å². The van der Waals surface area contributed by atoms with E-state index in [0.29, 0.717) is 140 Å². The molecular formula is C102H116N16O20. The summed E-state index contributed by atoms with van der Waals surface area (Å²) in [7, 11) is 25.0. The smallest absolute Gasteiger partial charge is 0.246 e. The van der Waals surface area contributed by atoms with Gasteiger partial charge in [-0.05, 0) is 60.4 Å². The number of Topliss-reactive ketones (excluding diaryl/α,β-unsaturated/α-hetero) is 4. The number of ether oxygens (including phenoxy) is 12. The molecule has 4 fully saturated rings. The highest BCUT2D eigenvalue weighted by molar-refractivity contribution is 6.40. The maximum atomic E-state index is 14.1. The van der Waals surface area contributed by atoms with Gasteiger partial charge in [0, 0.05) is 227 Å². The van der Waals surface area contributed by atoms with Crippen LogP contribution in [-0.2, 0) is 83.0 Å². The highest BCUT2D eigenvalue weighted by atomic mass is 16.5. The van der Waals surface area contributed by atoms with E-state index in [1.807, 2.05) is 165 Å². The number of benzene rings is 8. The lowest BCUT2D eigenvalue weighted by Gasteiger charge is -2.35. The van der Waals surface area contributed by atoms with E-state index < -0.39 is 23.2 Å². The molecule has 8 N–H and O–H groups in total. The number of methoxy groups -OCH3 is 12. The van der Waals surface area contributed by atoms with Gasteiger partial charge in [-0.25, -0.2) is 0 Å². The third-order valence-electron chi connectivity index (χ3n) is 24.4. The molecule has 4 saturated heterocycles. The first-order valence-electron chi connectivity index (χ1n) is 44.3. The number of hydrogen-bond donors (Lipinski definition) is 8. The number of allylic oxidation sites excluding steroid dienone is 4. The Morgan fingerprint density at radius 1 is 0.326 bits per heavy atom. The Labute approximate surface area is 800 Å². The maximum absolute atomic E-state index is 14.1. The molecule has 0 aromatic heterocycles. The van der Waals surface area contributed by atoms with E-state index in [4.69, 9.17) is 56.8 Å². The van der Waals surface area contributed by atoms with Gasteiger partial charge >= 0.3 is 0 Å². The number of rotatable bonds is 28. The average molecular weight is 1890 g/mol. The van der Waals surface area contributed by atoms with Crippen LogP contribution in [0.3, 0.4) is 0 Å². The fourth-order valence-corrected chi connectivity index (χ4v) is 17.8. The number of anilines is 8. The number of hydrogen-bond acceptors (Lipinski definition) is 28. The number of carbonyl (C=O) groups excluding carboxylic acids is 8. The second-order valence-electron chi connectivity index (χ2n) is 33.0. The molecule has 0 bridgehead atoms. The molecule has 0 unspecified atom stereocenters. The van der Waals surface area contributed by atoms with Crippen LogP contribution >= 0.6 is 0 Å². The fourth-order valence-electron chi connectivity index (χ4n) is 17.8. The lowest BCUT2D eigenvalue weighted by atomic mass is 9.93. The number of ketones is 4. The molecule has 0 radical (unpaired) electrons. The van der Waals surface area contributed by atoms with Crippen LogP contribution in [0, 0.1) is 0 Å². The largest absolute Gasteiger partial charge is 0.497 e. The third kappa shape index (κ3) is 21.0. The lowest BCUT2D eigenvalue weighted by Crippen LogP contribution is -2.55. The van der Waals surface area contributed by atoms with E-state index in [-0.39, 0.29) is 99.4 Å². The van der Waals surface area contributed by atoms with Gasteiger partial charge in [0.25, 0.3) is 0 Å². The summed E-state index contributed by atoms with van der Waals surface area (Å²) in [5.74, 6) is 4.84. The van der Waals surface area contributed by atoms with Crippen LogP contribution in [0.2, 0.25) is 0 Å². The zero-order valence-corrected chi connectivity index (χ0v) is 80.5. The van der Waals surface area contributed by atoms with E-state index in [1.54, 1.807) is 123 Å². The first-order chi connectivity index (χ1) is 66.7. The van der Waals surface area contributed by atoms with Crippen molar-refractivity contribution in [2.45, 2.75) is 62.7 Å². The van der Waals surface area contributed by atoms with Crippen LogP contribution in [0.1, 0.15) is 36.1 Å². The molecular weight excluding hydrogens is 1770 g/mol. The van der Waals surface area contributed by atoms with Crippen molar-refractivity contribution in [3.05, 3.63) is 237 Å². The summed E-state index contributed by atoms with van der Waals surface area (Å²) in [6.07, 6.45) is 2.35. The van der Waals surface area contributed by atoms with Gasteiger partial charge in [-0.15, -0.1) is 0 Å². The minimum absolute atomic E-state index is 0.0519. The van der Waals surface area contributed by atoms with Gasteiger partial charge in [0.2, 0.25) is 23.6 Å². The Hall–Kier alpha value is -15.4. The normalized spacial score (nSPS) is 21.3. The molecule has 0 spiro atoms. The molecule has 8 aromatic rings. The topological polar surface area (TPSA) is 406 Å². The molecule has 4 amide bonds. The summed E-state index contributed by atoms with van der Waals surface area (Å²) in [4.78, 5) is 130. The minimum Gasteiger partial charge on any atom is -0.497 e. The number of nitrogens with one attached hydrogen (secondary N) is 8. The minimum atomic E-state index is -1.16. The van der Waals surface area contributed by atoms with Gasteiger partial charge in [-0.3, -0.25) is 58.3 Å². The van der Waals surface area contributed by atoms with Crippen molar-refractivity contribution >= 4 is 116 Å². The Morgan fingerprint density at radius 3 is 0.790 bits per heavy atom. The van der Waals surface area contributed by atoms with E-state index in [0.717, 1.165) is 67.8 Å². The maximum Gasteiger partial charge on any atom is 0.246 e. The molecule has 16 rings (SSSR count). The van der Waals surface area contributed by atoms with Crippen molar-refractivity contribution in [3.63, 3.8) is 0 Å². The number of nitrogens with zero attached hydrogens (tertiary/aromatic N) is 8. The standard InChI is InChI=1S/2C26H30N4O5.2C25H28N4O5/c2*1-26(15-28-22(31)14-33-3)24(32)23(21-10-16-8-6-7-9-20(16)29-21)25(27-2)30(26)17-11-18(34-4)13-19(12-17)35-5;2*1-26-25-23(20-9-15-7-5-6-8-19(15)28-20)24(31)21(13-27-22(30)14-32-2)29(25)16-10-17(33-3)12-18(11-16)34-4/h2*6-9,11-13,29H,10,14-15H2,1-5H3,(H,28,31);2*5-8,10-12,21,28H,9,13-14H2,1-4H3,(H,27,30)/t2*26-;2*21-/m1010/s1. The Morgan fingerprint density at radius 2 is 0.558 bits per heavy atom. The zero-order valence-electron chi connectivity index (χ0n) is 80.5. The Balaban J connectivity index is 0.000000155. The van der Waals surface area contributed by atoms with E-state index in [2.05, 4.69) is 62.5 Å². The number of carbonyl (C=O) groups is 8. The van der Waals surface area contributed by atoms with E-state index in [1.165, 1.54) is 28.4 Å². The van der Waals surface area contributed by atoms with Crippen LogP contribution in [0.25, 0.3) is 0 Å². The van der Waals surface area contributed by atoms with Crippen LogP contribution in [0.15, 0.2) is 235 Å². The second kappa shape index (κ2) is 44.8. The van der Waals surface area contributed by atoms with Crippen molar-refractivity contribution in [3.8, 4) is 46.0 Å². The summed E-state index contributed by atoms with van der Waals surface area (Å²) < 4.78 is 63.4. The SMILES string of the molecule is CN=C1C(=C2Cc3ccccc3N2)C(=O)[C@@H](CNC(=O)COC)N1c1cc(OC)cc(OC)c1.CN=C1C(=C2Cc3ccccc3N2)C(=O)[C@@](C)(CNC(=O)COC)N1c1cc(OC)cc(OC)c1.CN=C1C(=C2Cc3ccccc3N2)C(=O)[C@H](CNC(=O)COC)N1c1cc(OC)cc(OC)c1.CN=C1C(=C2Cc3ccccc3N2)C(=O)[C@](C)(CNC(=O)COC)N1c1cc(OC)cc(OC)c1. The molecule has 36 nitrogen and oxygen atoms in total. The number of amides is 4. The monoisotopic (exact) mass is 1880 g/mol. The molecule has 8 aliphatic rings. The molecule has 8 aliphatic heterocycles. The molecule has 0 saturated carbocycles. The highest BCUT2D eigenvalue weighted by Gasteiger charge is 2.56. The summed E-state index contributed by atoms with van der Waals surface area (Å²) in [5.41, 5.74) is 13.8. The van der Waals surface area contributed by atoms with Gasteiger partial charge in [0.05, 0.1) is 102 Å². The van der Waals surface area contributed by atoms with E-state index in [9.17, 15) is 38.4 Å². The van der Waals surface area contributed by atoms with Crippen molar-refractivity contribution in [2.24, 2.45) is 20.0 Å². The predicted molar refractivity (Wildman–Crippen MR) is 529 cm³/mol. The highest BCUT2D eigenvalue weighted by Crippen LogP contribution is 2.47. The molecule has 8 heterocycles. The van der Waals surface area contributed by atoms with Gasteiger partial charge in [0.1, 0.15) is 119 Å².